The fourth-order valence-electron chi connectivity index (χ4n) is 2.59. The predicted octanol–water partition coefficient (Wildman–Crippen LogP) is 2.47. The highest BCUT2D eigenvalue weighted by atomic mass is 16.5. The molecule has 1 aromatic carbocycles. The van der Waals surface area contributed by atoms with Gasteiger partial charge in [-0.3, -0.25) is 11.3 Å². The third-order valence-electron chi connectivity index (χ3n) is 4.03. The van der Waals surface area contributed by atoms with E-state index in [-0.39, 0.29) is 6.04 Å². The molecule has 0 radical (unpaired) electrons. The first-order chi connectivity index (χ1) is 8.10. The summed E-state index contributed by atoms with van der Waals surface area (Å²) in [5.74, 6) is 8.08. The summed E-state index contributed by atoms with van der Waals surface area (Å²) in [5.41, 5.74) is 6.60. The van der Waals surface area contributed by atoms with E-state index in [1.807, 2.05) is 0 Å². The molecule has 0 saturated heterocycles. The van der Waals surface area contributed by atoms with Crippen molar-refractivity contribution in [1.29, 1.82) is 0 Å². The van der Waals surface area contributed by atoms with Crippen molar-refractivity contribution in [3.05, 3.63) is 28.8 Å². The standard InChI is InChI=1S/C14H22N2O/c1-8-5-6-11(14(17-4)10(8)3)13(16-15)12-7-9(12)2/h5-6,9,12-13,16H,7,15H2,1-4H3. The SMILES string of the molecule is COc1c(C(NN)C2CC2C)ccc(C)c1C. The van der Waals surface area contributed by atoms with Gasteiger partial charge in [0.15, 0.2) is 0 Å². The van der Waals surface area contributed by atoms with Crippen molar-refractivity contribution in [1.82, 2.24) is 5.43 Å². The molecule has 0 heterocycles. The normalized spacial score (nSPS) is 24.5. The predicted molar refractivity (Wildman–Crippen MR) is 69.8 cm³/mol. The molecule has 3 unspecified atom stereocenters. The molecule has 94 valence electrons. The Kier molecular flexibility index (Phi) is 3.40. The van der Waals surface area contributed by atoms with Crippen LogP contribution >= 0.6 is 0 Å². The first-order valence-electron chi connectivity index (χ1n) is 6.20. The summed E-state index contributed by atoms with van der Waals surface area (Å²) in [4.78, 5) is 0. The molecule has 0 spiro atoms. The lowest BCUT2D eigenvalue weighted by molar-refractivity contribution is 0.386. The van der Waals surface area contributed by atoms with E-state index < -0.39 is 0 Å². The molecule has 3 atom stereocenters. The minimum Gasteiger partial charge on any atom is -0.496 e. The lowest BCUT2D eigenvalue weighted by Gasteiger charge is -2.21. The topological polar surface area (TPSA) is 47.3 Å². The third-order valence-corrected chi connectivity index (χ3v) is 4.03. The van der Waals surface area contributed by atoms with Gasteiger partial charge in [0, 0.05) is 5.56 Å². The Balaban J connectivity index is 2.39. The van der Waals surface area contributed by atoms with Crippen molar-refractivity contribution in [2.75, 3.05) is 7.11 Å². The number of aryl methyl sites for hydroxylation is 1. The minimum atomic E-state index is 0.208. The van der Waals surface area contributed by atoms with Crippen LogP contribution in [0.4, 0.5) is 0 Å². The molecule has 1 aliphatic rings. The van der Waals surface area contributed by atoms with Crippen LogP contribution in [0.15, 0.2) is 12.1 Å². The Morgan fingerprint density at radius 1 is 1.41 bits per heavy atom. The number of nitrogens with one attached hydrogen (secondary N) is 1. The van der Waals surface area contributed by atoms with Crippen LogP contribution in [0.25, 0.3) is 0 Å². The van der Waals surface area contributed by atoms with Crippen molar-refractivity contribution in [2.45, 2.75) is 33.2 Å². The van der Waals surface area contributed by atoms with Crippen molar-refractivity contribution >= 4 is 0 Å². The number of methoxy groups -OCH3 is 1. The average molecular weight is 234 g/mol. The van der Waals surface area contributed by atoms with Gasteiger partial charge in [0.1, 0.15) is 5.75 Å². The van der Waals surface area contributed by atoms with Crippen molar-refractivity contribution in [3.8, 4) is 5.75 Å². The monoisotopic (exact) mass is 234 g/mol. The smallest absolute Gasteiger partial charge is 0.126 e. The lowest BCUT2D eigenvalue weighted by Crippen LogP contribution is -2.30. The summed E-state index contributed by atoms with van der Waals surface area (Å²) in [6, 6.07) is 4.49. The Hall–Kier alpha value is -1.06. The van der Waals surface area contributed by atoms with Crippen molar-refractivity contribution in [2.24, 2.45) is 17.7 Å². The van der Waals surface area contributed by atoms with E-state index in [0.717, 1.165) is 11.7 Å². The Morgan fingerprint density at radius 3 is 2.53 bits per heavy atom. The summed E-state index contributed by atoms with van der Waals surface area (Å²) in [7, 11) is 1.73. The molecule has 3 heteroatoms. The van der Waals surface area contributed by atoms with Crippen LogP contribution in [0.1, 0.15) is 36.1 Å². The van der Waals surface area contributed by atoms with Crippen LogP contribution in [0.3, 0.4) is 0 Å². The van der Waals surface area contributed by atoms with E-state index in [4.69, 9.17) is 10.6 Å². The molecular weight excluding hydrogens is 212 g/mol. The van der Waals surface area contributed by atoms with Crippen LogP contribution in [0.2, 0.25) is 0 Å². The molecule has 0 bridgehead atoms. The molecule has 3 N–H and O–H groups in total. The second kappa shape index (κ2) is 4.67. The number of hydrazine groups is 1. The first kappa shape index (κ1) is 12.4. The molecule has 17 heavy (non-hydrogen) atoms. The van der Waals surface area contributed by atoms with Gasteiger partial charge in [-0.1, -0.05) is 19.1 Å². The summed E-state index contributed by atoms with van der Waals surface area (Å²) < 4.78 is 5.56. The molecule has 3 nitrogen and oxygen atoms in total. The highest BCUT2D eigenvalue weighted by Crippen LogP contribution is 2.48. The molecule has 0 aromatic heterocycles. The number of benzene rings is 1. The van der Waals surface area contributed by atoms with E-state index in [1.165, 1.54) is 23.1 Å². The lowest BCUT2D eigenvalue weighted by atomic mass is 9.96. The zero-order valence-electron chi connectivity index (χ0n) is 11.1. The van der Waals surface area contributed by atoms with Crippen molar-refractivity contribution < 1.29 is 4.74 Å². The zero-order valence-corrected chi connectivity index (χ0v) is 11.1. The number of hydrogen-bond acceptors (Lipinski definition) is 3. The maximum Gasteiger partial charge on any atom is 0.126 e. The molecule has 1 aromatic rings. The molecule has 1 saturated carbocycles. The van der Waals surface area contributed by atoms with E-state index in [2.05, 4.69) is 38.3 Å². The summed E-state index contributed by atoms with van der Waals surface area (Å²) >= 11 is 0. The van der Waals surface area contributed by atoms with Gasteiger partial charge in [-0.15, -0.1) is 0 Å². The van der Waals surface area contributed by atoms with Crippen LogP contribution in [0.5, 0.6) is 5.75 Å². The number of rotatable bonds is 4. The van der Waals surface area contributed by atoms with Gasteiger partial charge in [0.2, 0.25) is 0 Å². The van der Waals surface area contributed by atoms with Crippen molar-refractivity contribution in [3.63, 3.8) is 0 Å². The maximum absolute atomic E-state index is 5.71. The second-order valence-electron chi connectivity index (χ2n) is 5.15. The van der Waals surface area contributed by atoms with E-state index in [9.17, 15) is 0 Å². The maximum atomic E-state index is 5.71. The molecular formula is C14H22N2O. The first-order valence-corrected chi connectivity index (χ1v) is 6.20. The highest BCUT2D eigenvalue weighted by Gasteiger charge is 2.40. The molecule has 0 amide bonds. The Morgan fingerprint density at radius 2 is 2.06 bits per heavy atom. The van der Waals surface area contributed by atoms with Gasteiger partial charge >= 0.3 is 0 Å². The summed E-state index contributed by atoms with van der Waals surface area (Å²) in [6.45, 7) is 6.47. The van der Waals surface area contributed by atoms with E-state index in [1.54, 1.807) is 7.11 Å². The fourth-order valence-corrected chi connectivity index (χ4v) is 2.59. The van der Waals surface area contributed by atoms with Gasteiger partial charge in [-0.2, -0.15) is 0 Å². The van der Waals surface area contributed by atoms with E-state index >= 15 is 0 Å². The zero-order chi connectivity index (χ0) is 12.6. The van der Waals surface area contributed by atoms with Gasteiger partial charge in [-0.05, 0) is 43.2 Å². The minimum absolute atomic E-state index is 0.208. The largest absolute Gasteiger partial charge is 0.496 e. The van der Waals surface area contributed by atoms with Gasteiger partial charge in [0.05, 0.1) is 13.2 Å². The van der Waals surface area contributed by atoms with Gasteiger partial charge in [0.25, 0.3) is 0 Å². The van der Waals surface area contributed by atoms with Gasteiger partial charge in [-0.25, -0.2) is 0 Å². The number of ether oxygens (including phenoxy) is 1. The fraction of sp³-hybridized carbons (Fsp3) is 0.571. The molecule has 0 aliphatic heterocycles. The van der Waals surface area contributed by atoms with Crippen LogP contribution in [-0.2, 0) is 0 Å². The number of hydrogen-bond donors (Lipinski definition) is 2. The molecule has 1 aliphatic carbocycles. The van der Waals surface area contributed by atoms with Gasteiger partial charge < -0.3 is 4.74 Å². The van der Waals surface area contributed by atoms with Crippen LogP contribution in [0, 0.1) is 25.7 Å². The highest BCUT2D eigenvalue weighted by molar-refractivity contribution is 5.47. The summed E-state index contributed by atoms with van der Waals surface area (Å²) in [6.07, 6.45) is 1.24. The van der Waals surface area contributed by atoms with Crippen LogP contribution < -0.4 is 16.0 Å². The number of nitrogens with two attached hydrogens (primary N) is 1. The third kappa shape index (κ3) is 2.17. The second-order valence-corrected chi connectivity index (χ2v) is 5.15. The summed E-state index contributed by atoms with van der Waals surface area (Å²) in [5, 5.41) is 0. The Labute approximate surface area is 103 Å². The molecule has 2 rings (SSSR count). The Bertz CT molecular complexity index is 417. The van der Waals surface area contributed by atoms with E-state index in [0.29, 0.717) is 5.92 Å². The van der Waals surface area contributed by atoms with Crippen LogP contribution in [-0.4, -0.2) is 7.11 Å². The molecule has 1 fully saturated rings. The quantitative estimate of drug-likeness (QED) is 0.621. The average Bonchev–Trinajstić information content (AvgIpc) is 3.02.